The number of carbonyl (C=O) groups is 6. The number of ether oxygens (including phenoxy) is 4. The first-order valence-corrected chi connectivity index (χ1v) is 17.4. The van der Waals surface area contributed by atoms with Gasteiger partial charge in [0.25, 0.3) is 5.91 Å². The Morgan fingerprint density at radius 3 is 2.42 bits per heavy atom. The van der Waals surface area contributed by atoms with Crippen molar-refractivity contribution in [3.63, 3.8) is 0 Å². The lowest BCUT2D eigenvalue weighted by Crippen LogP contribution is -2.53. The number of likely N-dealkylation sites (tertiary alicyclic amines) is 1. The molecule has 2 fully saturated rings. The molecule has 0 saturated carbocycles. The fraction of sp³-hybridized carbons (Fsp3) is 0.622. The number of hydrogen-bond donors (Lipinski definition) is 1. The summed E-state index contributed by atoms with van der Waals surface area (Å²) in [5.74, 6) is -3.76. The topological polar surface area (TPSA) is 158 Å². The Labute approximate surface area is 295 Å². The van der Waals surface area contributed by atoms with Gasteiger partial charge < -0.3 is 29.2 Å². The zero-order valence-corrected chi connectivity index (χ0v) is 30.1. The van der Waals surface area contributed by atoms with E-state index in [9.17, 15) is 28.8 Å². The lowest BCUT2D eigenvalue weighted by atomic mass is 9.87. The molecule has 0 radical (unpaired) electrons. The molecule has 0 aromatic heterocycles. The number of benzene rings is 1. The zero-order valence-electron chi connectivity index (χ0n) is 30.1. The fourth-order valence-corrected chi connectivity index (χ4v) is 5.70. The van der Waals surface area contributed by atoms with Gasteiger partial charge in [-0.05, 0) is 91.0 Å². The fourth-order valence-electron chi connectivity index (χ4n) is 5.70. The van der Waals surface area contributed by atoms with Gasteiger partial charge in [-0.25, -0.2) is 9.59 Å². The van der Waals surface area contributed by atoms with Crippen molar-refractivity contribution < 1.29 is 47.7 Å². The molecular weight excluding hydrogens is 646 g/mol. The second-order valence-electron chi connectivity index (χ2n) is 14.3. The van der Waals surface area contributed by atoms with E-state index >= 15 is 0 Å². The predicted octanol–water partition coefficient (Wildman–Crippen LogP) is 4.15. The van der Waals surface area contributed by atoms with Crippen LogP contribution in [0.3, 0.4) is 0 Å². The van der Waals surface area contributed by atoms with Crippen LogP contribution in [0.5, 0.6) is 0 Å². The van der Waals surface area contributed by atoms with Gasteiger partial charge in [0, 0.05) is 37.8 Å². The van der Waals surface area contributed by atoms with Crippen LogP contribution in [0.1, 0.15) is 91.2 Å². The van der Waals surface area contributed by atoms with Crippen LogP contribution in [0.4, 0.5) is 5.69 Å². The Morgan fingerprint density at radius 2 is 1.74 bits per heavy atom. The molecule has 276 valence electrons. The first-order valence-electron chi connectivity index (χ1n) is 17.4. The van der Waals surface area contributed by atoms with Crippen molar-refractivity contribution in [1.29, 1.82) is 0 Å². The van der Waals surface area contributed by atoms with Crippen molar-refractivity contribution in [2.75, 3.05) is 51.3 Å². The highest BCUT2D eigenvalue weighted by atomic mass is 16.6. The van der Waals surface area contributed by atoms with E-state index in [1.807, 2.05) is 6.07 Å². The third-order valence-electron chi connectivity index (χ3n) is 8.41. The van der Waals surface area contributed by atoms with Crippen LogP contribution < -0.4 is 5.32 Å². The molecule has 2 heterocycles. The summed E-state index contributed by atoms with van der Waals surface area (Å²) in [6.07, 6.45) is 2.94. The number of ketones is 1. The summed E-state index contributed by atoms with van der Waals surface area (Å²) in [7, 11) is 0. The first-order chi connectivity index (χ1) is 23.6. The number of rotatable bonds is 16. The van der Waals surface area contributed by atoms with Crippen LogP contribution in [-0.2, 0) is 47.7 Å². The zero-order chi connectivity index (χ0) is 36.9. The van der Waals surface area contributed by atoms with Gasteiger partial charge in [0.1, 0.15) is 24.4 Å². The summed E-state index contributed by atoms with van der Waals surface area (Å²) in [4.78, 5) is 80.6. The van der Waals surface area contributed by atoms with Gasteiger partial charge in [-0.15, -0.1) is 0 Å². The maximum absolute atomic E-state index is 13.9. The van der Waals surface area contributed by atoms with E-state index in [2.05, 4.69) is 16.8 Å². The monoisotopic (exact) mass is 699 g/mol. The lowest BCUT2D eigenvalue weighted by Gasteiger charge is -2.36. The van der Waals surface area contributed by atoms with Crippen LogP contribution in [0.15, 0.2) is 36.9 Å². The predicted molar refractivity (Wildman–Crippen MR) is 185 cm³/mol. The summed E-state index contributed by atoms with van der Waals surface area (Å²) >= 11 is 0. The lowest BCUT2D eigenvalue weighted by molar-refractivity contribution is -0.165. The van der Waals surface area contributed by atoms with Crippen LogP contribution >= 0.6 is 0 Å². The van der Waals surface area contributed by atoms with Gasteiger partial charge in [0.15, 0.2) is 0 Å². The van der Waals surface area contributed by atoms with Crippen molar-refractivity contribution in [2.45, 2.75) is 97.3 Å². The third kappa shape index (κ3) is 13.0. The minimum absolute atomic E-state index is 0.0607. The highest BCUT2D eigenvalue weighted by molar-refractivity contribution is 6.38. The SMILES string of the molecule is C=CC(=O)OCC(C)(C)C(=O)C(=O)N1CCCC[C@H]1C(=O)OC(CCCN1CCOCC1)c1cccc(NC(=O)CCC(=O)OC(C)(C)C)c1. The number of morpholine rings is 1. The summed E-state index contributed by atoms with van der Waals surface area (Å²) in [5.41, 5.74) is -0.835. The molecule has 2 aliphatic rings. The number of piperidine rings is 1. The Morgan fingerprint density at radius 1 is 1.02 bits per heavy atom. The molecule has 3 rings (SSSR count). The molecule has 2 amide bonds. The molecule has 1 aromatic carbocycles. The minimum atomic E-state index is -1.32. The Bertz CT molecular complexity index is 1380. The molecule has 1 aromatic rings. The Hall–Kier alpha value is -4.10. The molecule has 2 atom stereocenters. The van der Waals surface area contributed by atoms with Gasteiger partial charge in [0.05, 0.1) is 25.0 Å². The number of hydrogen-bond acceptors (Lipinski definition) is 11. The van der Waals surface area contributed by atoms with Crippen LogP contribution in [0.25, 0.3) is 0 Å². The van der Waals surface area contributed by atoms with E-state index in [1.165, 1.54) is 18.7 Å². The van der Waals surface area contributed by atoms with Crippen molar-refractivity contribution in [2.24, 2.45) is 5.41 Å². The average molecular weight is 700 g/mol. The minimum Gasteiger partial charge on any atom is -0.461 e. The molecule has 0 bridgehead atoms. The number of esters is 3. The van der Waals surface area contributed by atoms with Gasteiger partial charge in [-0.3, -0.25) is 24.1 Å². The maximum atomic E-state index is 13.9. The number of nitrogens with one attached hydrogen (secondary N) is 1. The van der Waals surface area contributed by atoms with Crippen molar-refractivity contribution in [3.05, 3.63) is 42.5 Å². The molecule has 50 heavy (non-hydrogen) atoms. The average Bonchev–Trinajstić information content (AvgIpc) is 3.08. The molecule has 2 saturated heterocycles. The van der Waals surface area contributed by atoms with Crippen molar-refractivity contribution >= 4 is 41.2 Å². The largest absolute Gasteiger partial charge is 0.461 e. The molecule has 0 spiro atoms. The molecule has 1 unspecified atom stereocenters. The molecule has 0 aliphatic carbocycles. The number of nitrogens with zero attached hydrogens (tertiary/aromatic N) is 2. The smallest absolute Gasteiger partial charge is 0.330 e. The number of Topliss-reactive ketones (excluding diaryl/α,β-unsaturated/α-hetero) is 1. The summed E-state index contributed by atoms with van der Waals surface area (Å²) in [6, 6.07) is 6.03. The first kappa shape index (κ1) is 40.3. The standard InChI is InChI=1S/C37H53N3O10/c1-7-31(42)48-25-37(5,6)33(44)34(45)40-19-9-8-14-28(40)35(46)49-29(15-11-18-39-20-22-47-23-21-39)26-12-10-13-27(24-26)38-30(41)16-17-32(43)50-36(2,3)4/h7,10,12-13,24,28-29H,1,8-9,11,14-23,25H2,2-6H3,(H,38,41)/t28-,29?/m0/s1. The van der Waals surface area contributed by atoms with Crippen LogP contribution in [0, 0.1) is 5.41 Å². The van der Waals surface area contributed by atoms with Gasteiger partial charge in [-0.2, -0.15) is 0 Å². The normalized spacial score (nSPS) is 17.6. The highest BCUT2D eigenvalue weighted by Gasteiger charge is 2.42. The second kappa shape index (κ2) is 18.8. The van der Waals surface area contributed by atoms with E-state index in [0.717, 1.165) is 25.7 Å². The third-order valence-corrected chi connectivity index (χ3v) is 8.41. The number of amides is 2. The van der Waals surface area contributed by atoms with E-state index in [1.54, 1.807) is 39.0 Å². The van der Waals surface area contributed by atoms with E-state index < -0.39 is 52.8 Å². The molecular formula is C37H53N3O10. The molecule has 13 heteroatoms. The molecule has 1 N–H and O–H groups in total. The second-order valence-corrected chi connectivity index (χ2v) is 14.3. The van der Waals surface area contributed by atoms with Crippen LogP contribution in [0.2, 0.25) is 0 Å². The summed E-state index contributed by atoms with van der Waals surface area (Å²) in [5, 5.41) is 2.81. The number of anilines is 1. The highest BCUT2D eigenvalue weighted by Crippen LogP contribution is 2.30. The van der Waals surface area contributed by atoms with Gasteiger partial charge in [0.2, 0.25) is 11.7 Å². The Kier molecular flexibility index (Phi) is 15.1. The summed E-state index contributed by atoms with van der Waals surface area (Å²) in [6.45, 7) is 15.2. The van der Waals surface area contributed by atoms with E-state index in [0.29, 0.717) is 56.6 Å². The Balaban J connectivity index is 1.75. The maximum Gasteiger partial charge on any atom is 0.330 e. The van der Waals surface area contributed by atoms with E-state index in [-0.39, 0.29) is 31.9 Å². The van der Waals surface area contributed by atoms with Crippen molar-refractivity contribution in [1.82, 2.24) is 9.80 Å². The molecule has 2 aliphatic heterocycles. The van der Waals surface area contributed by atoms with Gasteiger partial charge >= 0.3 is 17.9 Å². The van der Waals surface area contributed by atoms with Gasteiger partial charge in [-0.1, -0.05) is 18.7 Å². The number of carbonyl (C=O) groups excluding carboxylic acids is 6. The van der Waals surface area contributed by atoms with Crippen molar-refractivity contribution in [3.8, 4) is 0 Å². The summed E-state index contributed by atoms with van der Waals surface area (Å²) < 4.78 is 21.9. The van der Waals surface area contributed by atoms with Crippen LogP contribution in [-0.4, -0.2) is 103 Å². The van der Waals surface area contributed by atoms with E-state index in [4.69, 9.17) is 18.9 Å². The molecule has 13 nitrogen and oxygen atoms in total. The quantitative estimate of drug-likeness (QED) is 0.114.